The third kappa shape index (κ3) is 4.73. The van der Waals surface area contributed by atoms with Gasteiger partial charge in [0.1, 0.15) is 0 Å². The van der Waals surface area contributed by atoms with Crippen LogP contribution >= 0.6 is 0 Å². The standard InChI is InChI=1S/C15H27F3N6/c1-19-14(20-8-13-10-22-4-6-24(13)7-5-22)21-12-2-3-23(9-12)11-15(16,17)18/h12-13H,2-11H2,1H3,(H2,19,20,21). The fourth-order valence-electron chi connectivity index (χ4n) is 3.87. The monoisotopic (exact) mass is 348 g/mol. The minimum absolute atomic E-state index is 0.0189. The van der Waals surface area contributed by atoms with E-state index in [0.717, 1.165) is 39.3 Å². The Morgan fingerprint density at radius 2 is 1.88 bits per heavy atom. The van der Waals surface area contributed by atoms with Gasteiger partial charge in [0, 0.05) is 71.5 Å². The van der Waals surface area contributed by atoms with Crippen molar-refractivity contribution < 1.29 is 13.2 Å². The quantitative estimate of drug-likeness (QED) is 0.544. The van der Waals surface area contributed by atoms with Crippen molar-refractivity contribution in [2.45, 2.75) is 24.7 Å². The van der Waals surface area contributed by atoms with E-state index in [4.69, 9.17) is 0 Å². The first-order valence-electron chi connectivity index (χ1n) is 8.65. The highest BCUT2D eigenvalue weighted by atomic mass is 19.4. The average molecular weight is 348 g/mol. The van der Waals surface area contributed by atoms with E-state index in [9.17, 15) is 13.2 Å². The van der Waals surface area contributed by atoms with Crippen LogP contribution in [-0.4, -0.2) is 105 Å². The summed E-state index contributed by atoms with van der Waals surface area (Å²) in [4.78, 5) is 10.6. The van der Waals surface area contributed by atoms with Crippen LogP contribution in [0.15, 0.2) is 4.99 Å². The third-order valence-corrected chi connectivity index (χ3v) is 5.14. The Hall–Kier alpha value is -1.06. The normalized spacial score (nSPS) is 34.6. The van der Waals surface area contributed by atoms with E-state index < -0.39 is 12.7 Å². The zero-order valence-corrected chi connectivity index (χ0v) is 14.1. The molecule has 0 aromatic rings. The molecule has 4 fully saturated rings. The lowest BCUT2D eigenvalue weighted by Crippen LogP contribution is -2.64. The molecular weight excluding hydrogens is 321 g/mol. The van der Waals surface area contributed by atoms with E-state index in [-0.39, 0.29) is 6.04 Å². The van der Waals surface area contributed by atoms with Gasteiger partial charge in [-0.2, -0.15) is 13.2 Å². The predicted molar refractivity (Wildman–Crippen MR) is 87.2 cm³/mol. The number of fused-ring (bicyclic) bond motifs is 3. The number of guanidine groups is 1. The summed E-state index contributed by atoms with van der Waals surface area (Å²) in [5.41, 5.74) is 0. The molecule has 4 aliphatic rings. The fraction of sp³-hybridized carbons (Fsp3) is 0.933. The van der Waals surface area contributed by atoms with Crippen molar-refractivity contribution in [3.8, 4) is 0 Å². The van der Waals surface area contributed by atoms with E-state index in [1.807, 2.05) is 0 Å². The SMILES string of the molecule is CN=C(NCC1CN2CCN1CC2)NC1CCN(CC(F)(F)F)C1. The zero-order chi connectivity index (χ0) is 17.2. The van der Waals surface area contributed by atoms with Crippen molar-refractivity contribution in [1.29, 1.82) is 0 Å². The van der Waals surface area contributed by atoms with Crippen molar-refractivity contribution in [1.82, 2.24) is 25.3 Å². The molecule has 138 valence electrons. The zero-order valence-electron chi connectivity index (χ0n) is 14.1. The third-order valence-electron chi connectivity index (χ3n) is 5.14. The fourth-order valence-corrected chi connectivity index (χ4v) is 3.87. The molecule has 2 atom stereocenters. The molecule has 2 N–H and O–H groups in total. The van der Waals surface area contributed by atoms with E-state index in [2.05, 4.69) is 25.4 Å². The molecule has 4 rings (SSSR count). The first kappa shape index (κ1) is 17.8. The number of halogens is 3. The summed E-state index contributed by atoms with van der Waals surface area (Å²) in [5, 5.41) is 6.61. The van der Waals surface area contributed by atoms with Crippen molar-refractivity contribution in [3.05, 3.63) is 0 Å². The Kier molecular flexibility index (Phi) is 5.51. The highest BCUT2D eigenvalue weighted by Crippen LogP contribution is 2.20. The lowest BCUT2D eigenvalue weighted by molar-refractivity contribution is -0.143. The number of nitrogens with zero attached hydrogens (tertiary/aromatic N) is 4. The summed E-state index contributed by atoms with van der Waals surface area (Å²) in [6.45, 7) is 6.48. The average Bonchev–Trinajstić information content (AvgIpc) is 2.97. The van der Waals surface area contributed by atoms with Crippen molar-refractivity contribution >= 4 is 5.96 Å². The smallest absolute Gasteiger partial charge is 0.355 e. The van der Waals surface area contributed by atoms with Crippen LogP contribution in [-0.2, 0) is 0 Å². The minimum atomic E-state index is -4.13. The Morgan fingerprint density at radius 1 is 1.12 bits per heavy atom. The van der Waals surface area contributed by atoms with Crippen molar-refractivity contribution in [3.63, 3.8) is 0 Å². The Balaban J connectivity index is 1.41. The number of hydrogen-bond acceptors (Lipinski definition) is 4. The summed E-state index contributed by atoms with van der Waals surface area (Å²) >= 11 is 0. The lowest BCUT2D eigenvalue weighted by atomic mass is 10.1. The molecule has 9 heteroatoms. The Labute approximate surface area is 141 Å². The van der Waals surface area contributed by atoms with Crippen LogP contribution in [0, 0.1) is 0 Å². The molecular formula is C15H27F3N6. The van der Waals surface area contributed by atoms with Crippen LogP contribution in [0.5, 0.6) is 0 Å². The molecule has 0 aliphatic carbocycles. The molecule has 6 nitrogen and oxygen atoms in total. The Bertz CT molecular complexity index is 447. The van der Waals surface area contributed by atoms with Crippen LogP contribution in [0.4, 0.5) is 13.2 Å². The first-order chi connectivity index (χ1) is 11.4. The number of aliphatic imine (C=N–C) groups is 1. The number of alkyl halides is 3. The number of rotatable bonds is 4. The number of piperazine rings is 3. The van der Waals surface area contributed by atoms with Gasteiger partial charge in [0.05, 0.1) is 6.54 Å². The van der Waals surface area contributed by atoms with Crippen molar-refractivity contribution in [2.24, 2.45) is 4.99 Å². The maximum absolute atomic E-state index is 12.5. The topological polar surface area (TPSA) is 46.1 Å². The van der Waals surface area contributed by atoms with Crippen LogP contribution in [0.3, 0.4) is 0 Å². The minimum Gasteiger partial charge on any atom is -0.355 e. The molecule has 0 saturated carbocycles. The van der Waals surface area contributed by atoms with Crippen LogP contribution in [0.25, 0.3) is 0 Å². The molecule has 0 aromatic heterocycles. The largest absolute Gasteiger partial charge is 0.401 e. The van der Waals surface area contributed by atoms with Gasteiger partial charge >= 0.3 is 6.18 Å². The summed E-state index contributed by atoms with van der Waals surface area (Å²) in [6.07, 6.45) is -3.42. The molecule has 4 saturated heterocycles. The maximum atomic E-state index is 12.5. The second-order valence-electron chi connectivity index (χ2n) is 6.92. The molecule has 2 bridgehead atoms. The predicted octanol–water partition coefficient (Wildman–Crippen LogP) is -0.212. The maximum Gasteiger partial charge on any atom is 0.401 e. The van der Waals surface area contributed by atoms with Crippen molar-refractivity contribution in [2.75, 3.05) is 66.0 Å². The molecule has 4 heterocycles. The lowest BCUT2D eigenvalue weighted by Gasteiger charge is -2.47. The second kappa shape index (κ2) is 7.45. The van der Waals surface area contributed by atoms with Gasteiger partial charge < -0.3 is 10.6 Å². The van der Waals surface area contributed by atoms with Gasteiger partial charge in [-0.15, -0.1) is 0 Å². The summed E-state index contributed by atoms with van der Waals surface area (Å²) in [5.74, 6) is 0.687. The van der Waals surface area contributed by atoms with Crippen LogP contribution in [0.1, 0.15) is 6.42 Å². The molecule has 24 heavy (non-hydrogen) atoms. The summed E-state index contributed by atoms with van der Waals surface area (Å²) in [7, 11) is 1.70. The molecule has 0 amide bonds. The number of likely N-dealkylation sites (tertiary alicyclic amines) is 1. The number of nitrogens with one attached hydrogen (secondary N) is 2. The number of hydrogen-bond donors (Lipinski definition) is 2. The van der Waals surface area contributed by atoms with Gasteiger partial charge in [-0.05, 0) is 6.42 Å². The molecule has 2 unspecified atom stereocenters. The van der Waals surface area contributed by atoms with Gasteiger partial charge in [0.2, 0.25) is 0 Å². The van der Waals surface area contributed by atoms with E-state index >= 15 is 0 Å². The van der Waals surface area contributed by atoms with Gasteiger partial charge in [0.25, 0.3) is 0 Å². The second-order valence-corrected chi connectivity index (χ2v) is 6.92. The van der Waals surface area contributed by atoms with Crippen LogP contribution < -0.4 is 10.6 Å². The molecule has 4 aliphatic heterocycles. The highest BCUT2D eigenvalue weighted by molar-refractivity contribution is 5.80. The highest BCUT2D eigenvalue weighted by Gasteiger charge is 2.35. The Morgan fingerprint density at radius 3 is 2.46 bits per heavy atom. The van der Waals surface area contributed by atoms with Gasteiger partial charge in [-0.1, -0.05) is 0 Å². The van der Waals surface area contributed by atoms with Crippen LogP contribution in [0.2, 0.25) is 0 Å². The van der Waals surface area contributed by atoms with Gasteiger partial charge in [-0.3, -0.25) is 19.7 Å². The van der Waals surface area contributed by atoms with Gasteiger partial charge in [-0.25, -0.2) is 0 Å². The van der Waals surface area contributed by atoms with E-state index in [0.29, 0.717) is 31.5 Å². The molecule has 0 radical (unpaired) electrons. The van der Waals surface area contributed by atoms with E-state index in [1.54, 1.807) is 7.05 Å². The summed E-state index contributed by atoms with van der Waals surface area (Å²) in [6, 6.07) is 0.502. The van der Waals surface area contributed by atoms with E-state index in [1.165, 1.54) is 4.90 Å². The molecule has 0 spiro atoms. The molecule has 0 aromatic carbocycles. The van der Waals surface area contributed by atoms with Gasteiger partial charge in [0.15, 0.2) is 5.96 Å². The first-order valence-corrected chi connectivity index (χ1v) is 8.65. The summed E-state index contributed by atoms with van der Waals surface area (Å²) < 4.78 is 37.4.